The van der Waals surface area contributed by atoms with Gasteiger partial charge in [-0.15, -0.1) is 0 Å². The topological polar surface area (TPSA) is 88.2 Å². The number of carbonyl (C=O) groups excluding carboxylic acids is 1. The molecule has 3 rings (SSSR count). The van der Waals surface area contributed by atoms with Crippen LogP contribution in [-0.4, -0.2) is 64.6 Å². The number of rotatable bonds is 9. The van der Waals surface area contributed by atoms with Crippen molar-refractivity contribution in [2.24, 2.45) is 0 Å². The average Bonchev–Trinajstić information content (AvgIpc) is 2.78. The number of nitrogens with zero attached hydrogens (tertiary/aromatic N) is 2. The van der Waals surface area contributed by atoms with Gasteiger partial charge in [0.25, 0.3) is 5.91 Å². The number of sulfonamides is 1. The molecule has 0 aromatic heterocycles. The highest BCUT2D eigenvalue weighted by atomic mass is 32.2. The Morgan fingerprint density at radius 1 is 1.06 bits per heavy atom. The van der Waals surface area contributed by atoms with Gasteiger partial charge in [0.05, 0.1) is 29.5 Å². The third-order valence-electron chi connectivity index (χ3n) is 5.50. The number of carbonyl (C=O) groups is 1. The molecular formula is C24H33N3O5S. The van der Waals surface area contributed by atoms with Crippen LogP contribution in [0.15, 0.2) is 41.3 Å². The van der Waals surface area contributed by atoms with Gasteiger partial charge in [0, 0.05) is 26.2 Å². The molecule has 0 aliphatic carbocycles. The van der Waals surface area contributed by atoms with E-state index < -0.39 is 10.0 Å². The number of hydrogen-bond donors (Lipinski definition) is 1. The van der Waals surface area contributed by atoms with Crippen molar-refractivity contribution in [2.75, 3.05) is 56.2 Å². The third-order valence-corrected chi connectivity index (χ3v) is 7.55. The lowest BCUT2D eigenvalue weighted by Gasteiger charge is -2.31. The van der Waals surface area contributed by atoms with E-state index in [2.05, 4.69) is 10.2 Å². The number of hydrogen-bond acceptors (Lipinski definition) is 6. The molecule has 1 aliphatic rings. The number of ether oxygens (including phenoxy) is 2. The maximum Gasteiger partial charge on any atom is 0.262 e. The van der Waals surface area contributed by atoms with Gasteiger partial charge < -0.3 is 19.7 Å². The minimum absolute atomic E-state index is 0.147. The zero-order valence-electron chi connectivity index (χ0n) is 19.8. The number of benzene rings is 2. The van der Waals surface area contributed by atoms with Gasteiger partial charge >= 0.3 is 0 Å². The lowest BCUT2D eigenvalue weighted by atomic mass is 10.1. The molecule has 0 saturated carbocycles. The summed E-state index contributed by atoms with van der Waals surface area (Å²) < 4.78 is 38.6. The first-order valence-electron chi connectivity index (χ1n) is 11.2. The van der Waals surface area contributed by atoms with Crippen molar-refractivity contribution in [1.29, 1.82) is 0 Å². The van der Waals surface area contributed by atoms with Crippen LogP contribution in [0.5, 0.6) is 5.75 Å². The van der Waals surface area contributed by atoms with E-state index in [0.29, 0.717) is 50.8 Å². The summed E-state index contributed by atoms with van der Waals surface area (Å²) in [6.45, 7) is 10.6. The zero-order valence-corrected chi connectivity index (χ0v) is 20.6. The highest BCUT2D eigenvalue weighted by Crippen LogP contribution is 2.31. The van der Waals surface area contributed by atoms with Crippen LogP contribution in [0.25, 0.3) is 0 Å². The van der Waals surface area contributed by atoms with E-state index in [1.54, 1.807) is 26.0 Å². The van der Waals surface area contributed by atoms with E-state index >= 15 is 0 Å². The Labute approximate surface area is 196 Å². The van der Waals surface area contributed by atoms with Gasteiger partial charge in [-0.25, -0.2) is 8.42 Å². The fourth-order valence-corrected chi connectivity index (χ4v) is 5.40. The van der Waals surface area contributed by atoms with Crippen molar-refractivity contribution in [1.82, 2.24) is 4.31 Å². The van der Waals surface area contributed by atoms with E-state index in [9.17, 15) is 13.2 Å². The number of aryl methyl sites for hydroxylation is 2. The molecule has 2 aromatic carbocycles. The van der Waals surface area contributed by atoms with E-state index in [4.69, 9.17) is 9.47 Å². The van der Waals surface area contributed by atoms with Crippen LogP contribution in [0.3, 0.4) is 0 Å². The summed E-state index contributed by atoms with van der Waals surface area (Å²) >= 11 is 0. The van der Waals surface area contributed by atoms with Crippen molar-refractivity contribution < 1.29 is 22.7 Å². The molecule has 0 unspecified atom stereocenters. The second-order valence-corrected chi connectivity index (χ2v) is 9.97. The largest absolute Gasteiger partial charge is 0.484 e. The standard InChI is InChI=1S/C24H33N3O5S/c1-5-27(6-2)33(29,30)21-7-8-23(26-9-11-31-12-10-26)22(16-21)25-24(28)17-32-20-14-18(3)13-19(4)15-20/h7-8,13-16H,5-6,9-12,17H2,1-4H3,(H,25,28). The number of morpholine rings is 1. The van der Waals surface area contributed by atoms with Crippen molar-refractivity contribution in [3.8, 4) is 5.75 Å². The van der Waals surface area contributed by atoms with Crippen molar-refractivity contribution in [2.45, 2.75) is 32.6 Å². The van der Waals surface area contributed by atoms with Crippen LogP contribution in [0, 0.1) is 13.8 Å². The summed E-state index contributed by atoms with van der Waals surface area (Å²) in [6.07, 6.45) is 0. The van der Waals surface area contributed by atoms with Crippen LogP contribution in [-0.2, 0) is 19.6 Å². The Morgan fingerprint density at radius 2 is 1.70 bits per heavy atom. The van der Waals surface area contributed by atoms with Crippen molar-refractivity contribution in [3.63, 3.8) is 0 Å². The van der Waals surface area contributed by atoms with E-state index in [1.807, 2.05) is 32.0 Å². The van der Waals surface area contributed by atoms with Crippen LogP contribution in [0.1, 0.15) is 25.0 Å². The monoisotopic (exact) mass is 475 g/mol. The first kappa shape index (κ1) is 25.0. The Hall–Kier alpha value is -2.62. The number of nitrogens with one attached hydrogen (secondary N) is 1. The van der Waals surface area contributed by atoms with Crippen molar-refractivity contribution >= 4 is 27.3 Å². The molecular weight excluding hydrogens is 442 g/mol. The fourth-order valence-electron chi connectivity index (χ4n) is 3.92. The van der Waals surface area contributed by atoms with Gasteiger partial charge in [-0.3, -0.25) is 4.79 Å². The van der Waals surface area contributed by atoms with Gasteiger partial charge in [0.1, 0.15) is 5.75 Å². The zero-order chi connectivity index (χ0) is 24.0. The molecule has 1 amide bonds. The molecule has 0 atom stereocenters. The van der Waals surface area contributed by atoms with Gasteiger partial charge in [0.15, 0.2) is 6.61 Å². The SMILES string of the molecule is CCN(CC)S(=O)(=O)c1ccc(N2CCOCC2)c(NC(=O)COc2cc(C)cc(C)c2)c1. The lowest BCUT2D eigenvalue weighted by molar-refractivity contribution is -0.118. The van der Waals surface area contributed by atoms with Gasteiger partial charge in [-0.05, 0) is 55.3 Å². The second-order valence-electron chi connectivity index (χ2n) is 8.03. The summed E-state index contributed by atoms with van der Waals surface area (Å²) in [4.78, 5) is 15.0. The molecule has 0 radical (unpaired) electrons. The normalized spacial score (nSPS) is 14.4. The summed E-state index contributed by atoms with van der Waals surface area (Å²) in [6, 6.07) is 10.7. The fraction of sp³-hybridized carbons (Fsp3) is 0.458. The highest BCUT2D eigenvalue weighted by molar-refractivity contribution is 7.89. The molecule has 8 nitrogen and oxygen atoms in total. The predicted molar refractivity (Wildman–Crippen MR) is 130 cm³/mol. The van der Waals surface area contributed by atoms with Crippen LogP contribution >= 0.6 is 0 Å². The summed E-state index contributed by atoms with van der Waals surface area (Å²) in [5.41, 5.74) is 3.30. The van der Waals surface area contributed by atoms with E-state index in [0.717, 1.165) is 16.8 Å². The Morgan fingerprint density at radius 3 is 2.30 bits per heavy atom. The van der Waals surface area contributed by atoms with Gasteiger partial charge in [-0.1, -0.05) is 19.9 Å². The summed E-state index contributed by atoms with van der Waals surface area (Å²) in [5, 5.41) is 2.87. The smallest absolute Gasteiger partial charge is 0.262 e. The number of amides is 1. The first-order valence-corrected chi connectivity index (χ1v) is 12.7. The minimum atomic E-state index is -3.66. The molecule has 1 heterocycles. The van der Waals surface area contributed by atoms with Crippen LogP contribution < -0.4 is 15.0 Å². The first-order chi connectivity index (χ1) is 15.7. The summed E-state index contributed by atoms with van der Waals surface area (Å²) in [7, 11) is -3.66. The molecule has 0 bridgehead atoms. The molecule has 33 heavy (non-hydrogen) atoms. The quantitative estimate of drug-likeness (QED) is 0.599. The lowest BCUT2D eigenvalue weighted by Crippen LogP contribution is -2.37. The maximum atomic E-state index is 13.0. The second kappa shape index (κ2) is 11.0. The third kappa shape index (κ3) is 6.25. The molecule has 0 spiro atoms. The average molecular weight is 476 g/mol. The molecule has 1 saturated heterocycles. The van der Waals surface area contributed by atoms with E-state index in [-0.39, 0.29) is 17.4 Å². The minimum Gasteiger partial charge on any atom is -0.484 e. The maximum absolute atomic E-state index is 13.0. The molecule has 2 aromatic rings. The Balaban J connectivity index is 1.85. The Bertz CT molecular complexity index is 1060. The molecule has 1 fully saturated rings. The molecule has 1 aliphatic heterocycles. The Kier molecular flexibility index (Phi) is 8.34. The van der Waals surface area contributed by atoms with Gasteiger partial charge in [-0.2, -0.15) is 4.31 Å². The predicted octanol–water partition coefficient (Wildman–Crippen LogP) is 3.19. The van der Waals surface area contributed by atoms with Gasteiger partial charge in [0.2, 0.25) is 10.0 Å². The van der Waals surface area contributed by atoms with Crippen LogP contribution in [0.2, 0.25) is 0 Å². The van der Waals surface area contributed by atoms with Crippen LogP contribution in [0.4, 0.5) is 11.4 Å². The molecule has 1 N–H and O–H groups in total. The van der Waals surface area contributed by atoms with Crippen molar-refractivity contribution in [3.05, 3.63) is 47.5 Å². The number of anilines is 2. The van der Waals surface area contributed by atoms with E-state index in [1.165, 1.54) is 10.4 Å². The highest BCUT2D eigenvalue weighted by Gasteiger charge is 2.25. The summed E-state index contributed by atoms with van der Waals surface area (Å²) in [5.74, 6) is 0.259. The molecule has 180 valence electrons. The molecule has 9 heteroatoms.